The molecule has 2 saturated heterocycles. The molecule has 3 fully saturated rings. The minimum Gasteiger partial charge on any atom is -0.487 e. The molecule has 290 valence electrons. The molecule has 16 heteroatoms. The van der Waals surface area contributed by atoms with Gasteiger partial charge >= 0.3 is 15.9 Å². The van der Waals surface area contributed by atoms with Gasteiger partial charge in [0.15, 0.2) is 5.82 Å². The molecule has 2 aliphatic heterocycles. The Morgan fingerprint density at radius 3 is 2.39 bits per heavy atom. The van der Waals surface area contributed by atoms with Crippen molar-refractivity contribution in [2.45, 2.75) is 63.5 Å². The van der Waals surface area contributed by atoms with E-state index in [0.717, 1.165) is 36.8 Å². The van der Waals surface area contributed by atoms with Gasteiger partial charge in [0, 0.05) is 31.0 Å². The van der Waals surface area contributed by atoms with Gasteiger partial charge in [0.2, 0.25) is 17.7 Å². The van der Waals surface area contributed by atoms with Crippen molar-refractivity contribution >= 4 is 67.0 Å². The van der Waals surface area contributed by atoms with E-state index in [-0.39, 0.29) is 65.6 Å². The molecule has 0 bridgehead atoms. The Kier molecular flexibility index (Phi) is 9.60. The zero-order chi connectivity index (χ0) is 39.3. The van der Waals surface area contributed by atoms with Crippen LogP contribution in [0, 0.1) is 11.7 Å². The number of hydrogen-bond acceptors (Lipinski definition) is 8. The fraction of sp³-hybridized carbons (Fsp3) is 0.325. The Balaban J connectivity index is 0.946. The van der Waals surface area contributed by atoms with Gasteiger partial charge in [-0.3, -0.25) is 33.6 Å². The van der Waals surface area contributed by atoms with Crippen LogP contribution in [-0.4, -0.2) is 47.7 Å². The highest BCUT2D eigenvalue weighted by Crippen LogP contribution is 2.41. The lowest BCUT2D eigenvalue weighted by Crippen LogP contribution is -2.44. The van der Waals surface area contributed by atoms with Gasteiger partial charge in [-0.05, 0) is 96.9 Å². The molecule has 0 spiro atoms. The Hall–Kier alpha value is -6.03. The number of anilines is 2. The average Bonchev–Trinajstić information content (AvgIpc) is 3.59. The maximum absolute atomic E-state index is 16.2. The van der Waals surface area contributed by atoms with Crippen LogP contribution in [-0.2, 0) is 43.0 Å². The first kappa shape index (κ1) is 36.9. The van der Waals surface area contributed by atoms with E-state index in [9.17, 15) is 32.4 Å². The SMILES string of the molecule is Cn1c(=O)n(C2CCC(=O)NC2=O)c2ccc([C@H]3CC[C@@H](CC(=O)Nc4ccc5c(F)c(N6CC(=O)NS6(=O)=O)c(OCc6ccccc6)cc5c4)CC3)cc21. The van der Waals surface area contributed by atoms with Crippen LogP contribution < -0.4 is 30.1 Å². The first-order valence-corrected chi connectivity index (χ1v) is 19.9. The summed E-state index contributed by atoms with van der Waals surface area (Å²) in [4.78, 5) is 62.8. The summed E-state index contributed by atoms with van der Waals surface area (Å²) in [5.41, 5.74) is 2.95. The molecule has 1 unspecified atom stereocenters. The molecule has 8 rings (SSSR count). The van der Waals surface area contributed by atoms with Crippen molar-refractivity contribution in [3.05, 3.63) is 100 Å². The first-order chi connectivity index (χ1) is 26.9. The number of ether oxygens (including phenoxy) is 1. The van der Waals surface area contributed by atoms with E-state index >= 15 is 4.39 Å². The number of piperidine rings is 1. The molecule has 3 heterocycles. The average molecular weight is 783 g/mol. The monoisotopic (exact) mass is 782 g/mol. The van der Waals surface area contributed by atoms with Crippen molar-refractivity contribution < 1.29 is 36.7 Å². The van der Waals surface area contributed by atoms with E-state index in [2.05, 4.69) is 10.6 Å². The number of carbonyl (C=O) groups is 4. The molecule has 5 aromatic rings. The summed E-state index contributed by atoms with van der Waals surface area (Å²) in [6, 6.07) is 20.3. The standard InChI is InChI=1S/C40H39FN6O8S/c1-45-32-19-26(11-14-30(32)47(40(45)52)31-15-16-34(48)43-39(31)51)25-9-7-23(8-10-25)17-35(49)42-28-12-13-29-27(18-28)20-33(55-22-24-5-3-2-4-6-24)38(37(29)41)46-21-36(50)44-56(46,53)54/h2-6,11-14,18-20,23,25,31H,7-10,15-17,21-22H2,1H3,(H,42,49)(H,44,50)(H,43,48,51)/t23-,25+,31?. The zero-order valence-electron chi connectivity index (χ0n) is 30.4. The van der Waals surface area contributed by atoms with Crippen LogP contribution in [0.1, 0.15) is 68.0 Å². The maximum atomic E-state index is 16.2. The summed E-state index contributed by atoms with van der Waals surface area (Å²) in [6.45, 7) is -0.585. The third-order valence-electron chi connectivity index (χ3n) is 11.0. The van der Waals surface area contributed by atoms with E-state index in [1.165, 1.54) is 21.3 Å². The number of fused-ring (bicyclic) bond motifs is 2. The minimum absolute atomic E-state index is 0.0130. The summed E-state index contributed by atoms with van der Waals surface area (Å²) in [5.74, 6) is -2.38. The van der Waals surface area contributed by atoms with Crippen molar-refractivity contribution in [1.29, 1.82) is 0 Å². The number of nitrogens with zero attached hydrogens (tertiary/aromatic N) is 3. The lowest BCUT2D eigenvalue weighted by molar-refractivity contribution is -0.135. The Labute approximate surface area is 320 Å². The quantitative estimate of drug-likeness (QED) is 0.181. The van der Waals surface area contributed by atoms with Gasteiger partial charge < -0.3 is 10.1 Å². The van der Waals surface area contributed by atoms with Crippen LogP contribution in [0.3, 0.4) is 0 Å². The molecular formula is C40H39FN6O8S. The lowest BCUT2D eigenvalue weighted by Gasteiger charge is -2.28. The maximum Gasteiger partial charge on any atom is 0.329 e. The van der Waals surface area contributed by atoms with Gasteiger partial charge in [0.1, 0.15) is 30.6 Å². The number of amides is 4. The van der Waals surface area contributed by atoms with E-state index in [0.29, 0.717) is 32.8 Å². The van der Waals surface area contributed by atoms with Crippen molar-refractivity contribution in [2.24, 2.45) is 13.0 Å². The number of rotatable bonds is 9. The Morgan fingerprint density at radius 1 is 0.911 bits per heavy atom. The zero-order valence-corrected chi connectivity index (χ0v) is 31.2. The molecule has 4 amide bonds. The van der Waals surface area contributed by atoms with Gasteiger partial charge in [0.05, 0.1) is 11.0 Å². The predicted molar refractivity (Wildman–Crippen MR) is 206 cm³/mol. The van der Waals surface area contributed by atoms with Crippen LogP contribution in [0.15, 0.2) is 77.6 Å². The van der Waals surface area contributed by atoms with Crippen LogP contribution in [0.5, 0.6) is 5.75 Å². The second kappa shape index (κ2) is 14.6. The summed E-state index contributed by atoms with van der Waals surface area (Å²) >= 11 is 0. The van der Waals surface area contributed by atoms with Crippen LogP contribution >= 0.6 is 0 Å². The third-order valence-corrected chi connectivity index (χ3v) is 12.4. The molecule has 4 aromatic carbocycles. The minimum atomic E-state index is -4.34. The molecular weight excluding hydrogens is 744 g/mol. The Morgan fingerprint density at radius 2 is 1.68 bits per heavy atom. The summed E-state index contributed by atoms with van der Waals surface area (Å²) in [7, 11) is -2.66. The number of nitrogens with one attached hydrogen (secondary N) is 3. The normalized spacial score (nSPS) is 20.9. The van der Waals surface area contributed by atoms with Crippen LogP contribution in [0.4, 0.5) is 15.8 Å². The largest absolute Gasteiger partial charge is 0.487 e. The molecule has 1 atom stereocenters. The second-order valence-electron chi connectivity index (χ2n) is 14.7. The van der Waals surface area contributed by atoms with Crippen LogP contribution in [0.2, 0.25) is 0 Å². The van der Waals surface area contributed by atoms with Crippen molar-refractivity contribution in [2.75, 3.05) is 16.2 Å². The van der Waals surface area contributed by atoms with Crippen molar-refractivity contribution in [3.63, 3.8) is 0 Å². The number of imidazole rings is 1. The predicted octanol–water partition coefficient (Wildman–Crippen LogP) is 4.67. The summed E-state index contributed by atoms with van der Waals surface area (Å²) < 4.78 is 53.2. The van der Waals surface area contributed by atoms with Gasteiger partial charge in [-0.1, -0.05) is 36.4 Å². The lowest BCUT2D eigenvalue weighted by atomic mass is 9.77. The molecule has 1 aliphatic carbocycles. The first-order valence-electron chi connectivity index (χ1n) is 18.5. The smallest absolute Gasteiger partial charge is 0.329 e. The molecule has 1 saturated carbocycles. The molecule has 3 aliphatic rings. The topological polar surface area (TPSA) is 178 Å². The van der Waals surface area contributed by atoms with Crippen molar-refractivity contribution in [1.82, 2.24) is 19.2 Å². The number of hydrogen-bond donors (Lipinski definition) is 3. The molecule has 56 heavy (non-hydrogen) atoms. The van der Waals surface area contributed by atoms with E-state index < -0.39 is 40.4 Å². The fourth-order valence-electron chi connectivity index (χ4n) is 8.17. The molecule has 0 radical (unpaired) electrons. The van der Waals surface area contributed by atoms with Gasteiger partial charge in [-0.15, -0.1) is 0 Å². The van der Waals surface area contributed by atoms with E-state index in [1.54, 1.807) is 19.2 Å². The second-order valence-corrected chi connectivity index (χ2v) is 16.3. The summed E-state index contributed by atoms with van der Waals surface area (Å²) in [5, 5.41) is 5.72. The van der Waals surface area contributed by atoms with Crippen molar-refractivity contribution in [3.8, 4) is 5.75 Å². The van der Waals surface area contributed by atoms with E-state index in [4.69, 9.17) is 4.74 Å². The number of benzene rings is 4. The number of aromatic nitrogens is 2. The molecule has 3 N–H and O–H groups in total. The number of halogens is 1. The summed E-state index contributed by atoms with van der Waals surface area (Å²) in [6.07, 6.45) is 4.06. The molecule has 1 aromatic heterocycles. The van der Waals surface area contributed by atoms with Gasteiger partial charge in [-0.2, -0.15) is 8.42 Å². The van der Waals surface area contributed by atoms with Gasteiger partial charge in [0.25, 0.3) is 5.91 Å². The number of imide groups is 1. The fourth-order valence-corrected chi connectivity index (χ4v) is 9.33. The third kappa shape index (κ3) is 7.00. The number of carbonyl (C=O) groups excluding carboxylic acids is 4. The highest BCUT2D eigenvalue weighted by molar-refractivity contribution is 7.92. The Bertz CT molecular complexity index is 2600. The van der Waals surface area contributed by atoms with E-state index in [1.807, 2.05) is 53.3 Å². The van der Waals surface area contributed by atoms with Gasteiger partial charge in [-0.25, -0.2) is 18.2 Å². The highest BCUT2D eigenvalue weighted by Gasteiger charge is 2.38. The number of aryl methyl sites for hydroxylation is 1. The molecule has 14 nitrogen and oxygen atoms in total. The highest BCUT2D eigenvalue weighted by atomic mass is 32.2. The van der Waals surface area contributed by atoms with Crippen LogP contribution in [0.25, 0.3) is 21.8 Å².